The van der Waals surface area contributed by atoms with Crippen LogP contribution < -0.4 is 10.5 Å². The molecule has 1 aromatic heterocycles. The van der Waals surface area contributed by atoms with Gasteiger partial charge in [-0.2, -0.15) is 0 Å². The highest BCUT2D eigenvalue weighted by atomic mass is 32.1. The SMILES string of the molecule is COc1cccc(-c2nc3cccc(N)c3s2)c1. The van der Waals surface area contributed by atoms with Crippen molar-refractivity contribution in [3.63, 3.8) is 0 Å². The minimum Gasteiger partial charge on any atom is -0.497 e. The predicted octanol–water partition coefficient (Wildman–Crippen LogP) is 3.55. The second-order valence-corrected chi connectivity index (χ2v) is 4.95. The van der Waals surface area contributed by atoms with Crippen molar-refractivity contribution in [1.82, 2.24) is 4.98 Å². The summed E-state index contributed by atoms with van der Waals surface area (Å²) in [6, 6.07) is 13.7. The van der Waals surface area contributed by atoms with Crippen LogP contribution >= 0.6 is 11.3 Å². The molecule has 0 saturated heterocycles. The van der Waals surface area contributed by atoms with E-state index in [-0.39, 0.29) is 0 Å². The summed E-state index contributed by atoms with van der Waals surface area (Å²) in [5, 5.41) is 0.960. The van der Waals surface area contributed by atoms with E-state index in [2.05, 4.69) is 4.98 Å². The molecule has 0 aliphatic rings. The Labute approximate surface area is 109 Å². The lowest BCUT2D eigenvalue weighted by Crippen LogP contribution is -1.83. The Bertz CT molecular complexity index is 706. The monoisotopic (exact) mass is 256 g/mol. The number of nitrogens with zero attached hydrogens (tertiary/aromatic N) is 1. The van der Waals surface area contributed by atoms with Crippen LogP contribution in [0.5, 0.6) is 5.75 Å². The summed E-state index contributed by atoms with van der Waals surface area (Å²) in [5.41, 5.74) is 8.72. The molecule has 0 bridgehead atoms. The second kappa shape index (κ2) is 4.31. The summed E-state index contributed by atoms with van der Waals surface area (Å²) in [6.07, 6.45) is 0. The number of hydrogen-bond donors (Lipinski definition) is 1. The van der Waals surface area contributed by atoms with Crippen molar-refractivity contribution in [2.24, 2.45) is 0 Å². The third-order valence-corrected chi connectivity index (χ3v) is 3.93. The van der Waals surface area contributed by atoms with Crippen LogP contribution in [0.2, 0.25) is 0 Å². The maximum absolute atomic E-state index is 5.95. The number of nitrogens with two attached hydrogens (primary N) is 1. The highest BCUT2D eigenvalue weighted by molar-refractivity contribution is 7.22. The van der Waals surface area contributed by atoms with Crippen molar-refractivity contribution in [1.29, 1.82) is 0 Å². The molecule has 3 nitrogen and oxygen atoms in total. The largest absolute Gasteiger partial charge is 0.497 e. The second-order valence-electron chi connectivity index (χ2n) is 3.95. The Morgan fingerprint density at radius 1 is 1.17 bits per heavy atom. The van der Waals surface area contributed by atoms with Crippen molar-refractivity contribution >= 4 is 27.2 Å². The summed E-state index contributed by atoms with van der Waals surface area (Å²) >= 11 is 1.60. The van der Waals surface area contributed by atoms with Crippen LogP contribution in [0.15, 0.2) is 42.5 Å². The van der Waals surface area contributed by atoms with Crippen LogP contribution in [0, 0.1) is 0 Å². The molecule has 4 heteroatoms. The fourth-order valence-corrected chi connectivity index (χ4v) is 2.84. The molecule has 2 N–H and O–H groups in total. The fraction of sp³-hybridized carbons (Fsp3) is 0.0714. The maximum Gasteiger partial charge on any atom is 0.124 e. The number of thiazole rings is 1. The quantitative estimate of drug-likeness (QED) is 0.713. The van der Waals surface area contributed by atoms with Crippen LogP contribution in [0.4, 0.5) is 5.69 Å². The van der Waals surface area contributed by atoms with Gasteiger partial charge in [-0.1, -0.05) is 18.2 Å². The summed E-state index contributed by atoms with van der Waals surface area (Å²) in [7, 11) is 1.66. The Balaban J connectivity index is 2.16. The van der Waals surface area contributed by atoms with Gasteiger partial charge in [-0.15, -0.1) is 11.3 Å². The molecular weight excluding hydrogens is 244 g/mol. The lowest BCUT2D eigenvalue weighted by Gasteiger charge is -2.00. The number of nitrogen functional groups attached to an aromatic ring is 1. The van der Waals surface area contributed by atoms with E-state index in [0.29, 0.717) is 0 Å². The average Bonchev–Trinajstić information content (AvgIpc) is 2.84. The molecule has 0 saturated carbocycles. The topological polar surface area (TPSA) is 48.1 Å². The van der Waals surface area contributed by atoms with Crippen molar-refractivity contribution in [3.8, 4) is 16.3 Å². The van der Waals surface area contributed by atoms with Gasteiger partial charge in [0.15, 0.2) is 0 Å². The highest BCUT2D eigenvalue weighted by Gasteiger charge is 2.08. The molecule has 3 aromatic rings. The predicted molar refractivity (Wildman–Crippen MR) is 76.0 cm³/mol. The van der Waals surface area contributed by atoms with Crippen LogP contribution in [0.1, 0.15) is 0 Å². The van der Waals surface area contributed by atoms with Gasteiger partial charge in [0.05, 0.1) is 23.0 Å². The van der Waals surface area contributed by atoms with E-state index >= 15 is 0 Å². The van der Waals surface area contributed by atoms with Gasteiger partial charge in [0.25, 0.3) is 0 Å². The van der Waals surface area contributed by atoms with Crippen molar-refractivity contribution in [2.75, 3.05) is 12.8 Å². The van der Waals surface area contributed by atoms with Gasteiger partial charge in [0.1, 0.15) is 10.8 Å². The van der Waals surface area contributed by atoms with Gasteiger partial charge in [0.2, 0.25) is 0 Å². The van der Waals surface area contributed by atoms with E-state index in [1.54, 1.807) is 18.4 Å². The number of ether oxygens (including phenoxy) is 1. The molecule has 3 rings (SSSR count). The van der Waals surface area contributed by atoms with E-state index in [0.717, 1.165) is 32.2 Å². The molecule has 0 unspecified atom stereocenters. The lowest BCUT2D eigenvalue weighted by atomic mass is 10.2. The van der Waals surface area contributed by atoms with E-state index in [9.17, 15) is 0 Å². The number of fused-ring (bicyclic) bond motifs is 1. The molecule has 0 aliphatic carbocycles. The average molecular weight is 256 g/mol. The van der Waals surface area contributed by atoms with Gasteiger partial charge in [-0.3, -0.25) is 0 Å². The van der Waals surface area contributed by atoms with Crippen molar-refractivity contribution in [3.05, 3.63) is 42.5 Å². The molecule has 0 radical (unpaired) electrons. The fourth-order valence-electron chi connectivity index (χ4n) is 1.85. The van der Waals surface area contributed by atoms with Gasteiger partial charge in [-0.25, -0.2) is 4.98 Å². The maximum atomic E-state index is 5.95. The third kappa shape index (κ3) is 1.80. The van der Waals surface area contributed by atoms with E-state index in [1.165, 1.54) is 0 Å². The molecule has 2 aromatic carbocycles. The zero-order valence-corrected chi connectivity index (χ0v) is 10.7. The number of rotatable bonds is 2. The first-order valence-electron chi connectivity index (χ1n) is 5.57. The van der Waals surface area contributed by atoms with Crippen LogP contribution in [0.25, 0.3) is 20.8 Å². The summed E-state index contributed by atoms with van der Waals surface area (Å²) in [6.45, 7) is 0. The normalized spacial score (nSPS) is 10.7. The minimum absolute atomic E-state index is 0.777. The summed E-state index contributed by atoms with van der Waals surface area (Å²) in [5.74, 6) is 0.833. The number of methoxy groups -OCH3 is 1. The van der Waals surface area contributed by atoms with Crippen LogP contribution in [0.3, 0.4) is 0 Å². The Morgan fingerprint density at radius 3 is 2.78 bits per heavy atom. The molecule has 0 amide bonds. The van der Waals surface area contributed by atoms with Crippen LogP contribution in [-0.4, -0.2) is 12.1 Å². The van der Waals surface area contributed by atoms with E-state index in [1.807, 2.05) is 42.5 Å². The lowest BCUT2D eigenvalue weighted by molar-refractivity contribution is 0.415. The van der Waals surface area contributed by atoms with Gasteiger partial charge >= 0.3 is 0 Å². The Hall–Kier alpha value is -2.07. The molecular formula is C14H12N2OS. The molecule has 0 aliphatic heterocycles. The first-order chi connectivity index (χ1) is 8.78. The van der Waals surface area contributed by atoms with Gasteiger partial charge < -0.3 is 10.5 Å². The van der Waals surface area contributed by atoms with Crippen LogP contribution in [-0.2, 0) is 0 Å². The molecule has 0 spiro atoms. The first kappa shape index (κ1) is 11.0. The molecule has 0 fully saturated rings. The third-order valence-electron chi connectivity index (χ3n) is 2.76. The molecule has 90 valence electrons. The number of anilines is 1. The van der Waals surface area contributed by atoms with Gasteiger partial charge in [0, 0.05) is 5.56 Å². The summed E-state index contributed by atoms with van der Waals surface area (Å²) < 4.78 is 6.26. The molecule has 18 heavy (non-hydrogen) atoms. The highest BCUT2D eigenvalue weighted by Crippen LogP contribution is 2.34. The minimum atomic E-state index is 0.777. The number of aromatic nitrogens is 1. The molecule has 1 heterocycles. The van der Waals surface area contributed by atoms with Crippen molar-refractivity contribution in [2.45, 2.75) is 0 Å². The standard InChI is InChI=1S/C14H12N2OS/c1-17-10-5-2-4-9(8-10)14-16-12-7-3-6-11(15)13(12)18-14/h2-8H,15H2,1H3. The Morgan fingerprint density at radius 2 is 2.00 bits per heavy atom. The molecule has 0 atom stereocenters. The summed E-state index contributed by atoms with van der Waals surface area (Å²) in [4.78, 5) is 4.60. The first-order valence-corrected chi connectivity index (χ1v) is 6.39. The Kier molecular flexibility index (Phi) is 2.64. The zero-order valence-electron chi connectivity index (χ0n) is 9.88. The zero-order chi connectivity index (χ0) is 12.5. The van der Waals surface area contributed by atoms with E-state index < -0.39 is 0 Å². The van der Waals surface area contributed by atoms with E-state index in [4.69, 9.17) is 10.5 Å². The number of hydrogen-bond acceptors (Lipinski definition) is 4. The number of benzene rings is 2. The van der Waals surface area contributed by atoms with Gasteiger partial charge in [-0.05, 0) is 24.3 Å². The smallest absolute Gasteiger partial charge is 0.124 e. The van der Waals surface area contributed by atoms with Crippen molar-refractivity contribution < 1.29 is 4.74 Å².